The molecule has 0 bridgehead atoms. The van der Waals surface area contributed by atoms with Gasteiger partial charge in [-0.1, -0.05) is 183 Å². The van der Waals surface area contributed by atoms with E-state index in [-0.39, 0.29) is 81.5 Å². The lowest BCUT2D eigenvalue weighted by atomic mass is 9.85. The van der Waals surface area contributed by atoms with Crippen molar-refractivity contribution in [3.63, 3.8) is 0 Å². The van der Waals surface area contributed by atoms with E-state index in [1.54, 1.807) is 70.3 Å². The molecule has 0 aromatic heterocycles. The summed E-state index contributed by atoms with van der Waals surface area (Å²) < 4.78 is 143. The van der Waals surface area contributed by atoms with Gasteiger partial charge < -0.3 is 40.2 Å². The van der Waals surface area contributed by atoms with Crippen LogP contribution in [0.15, 0.2) is 146 Å². The number of carbonyl (C=O) groups excluding carboxylic acids is 5. The number of fused-ring (bicyclic) bond motifs is 5. The Morgan fingerprint density at radius 1 is 0.353 bits per heavy atom. The zero-order chi connectivity index (χ0) is 96.5. The quantitative estimate of drug-likeness (QED) is 0.0394. The summed E-state index contributed by atoms with van der Waals surface area (Å²) in [6.45, 7) is 27.1. The Morgan fingerprint density at radius 3 is 1.06 bits per heavy atom. The van der Waals surface area contributed by atoms with E-state index in [0.29, 0.717) is 63.7 Å². The Hall–Kier alpha value is -10.9. The van der Waals surface area contributed by atoms with E-state index in [9.17, 15) is 63.5 Å². The predicted molar refractivity (Wildman–Crippen MR) is 513 cm³/mol. The minimum absolute atomic E-state index is 0.0216. The summed E-state index contributed by atoms with van der Waals surface area (Å²) in [5.41, 5.74) is 15.7. The summed E-state index contributed by atoms with van der Waals surface area (Å²) in [5.74, 6) is -2.29. The van der Waals surface area contributed by atoms with Crippen LogP contribution in [0.1, 0.15) is 330 Å². The number of rotatable bonds is 17. The van der Waals surface area contributed by atoms with Gasteiger partial charge in [0, 0.05) is 39.8 Å². The van der Waals surface area contributed by atoms with Crippen LogP contribution in [-0.4, -0.2) is 62.8 Å². The Bertz CT molecular complexity index is 5550. The van der Waals surface area contributed by atoms with E-state index in [1.807, 2.05) is 78.9 Å². The minimum atomic E-state index is -4.78. The maximum atomic E-state index is 14.5. The average Bonchev–Trinajstić information content (AvgIpc) is 1.58. The molecular formula is C111H133F9N4O9. The van der Waals surface area contributed by atoms with Crippen LogP contribution in [0.5, 0.6) is 23.0 Å². The first-order valence-corrected chi connectivity index (χ1v) is 47.4. The summed E-state index contributed by atoms with van der Waals surface area (Å²) in [5, 5.41) is 11.1. The van der Waals surface area contributed by atoms with Crippen LogP contribution < -0.4 is 40.2 Å². The van der Waals surface area contributed by atoms with Crippen LogP contribution in [0.4, 0.5) is 62.3 Å². The summed E-state index contributed by atoms with van der Waals surface area (Å²) >= 11 is 0. The number of anilines is 4. The number of halogens is 9. The summed E-state index contributed by atoms with van der Waals surface area (Å²) in [6, 6.07) is 43.6. The van der Waals surface area contributed by atoms with Crippen molar-refractivity contribution in [2.45, 2.75) is 310 Å². The molecule has 0 saturated heterocycles. The second kappa shape index (κ2) is 44.5. The van der Waals surface area contributed by atoms with Crippen molar-refractivity contribution in [1.82, 2.24) is 0 Å². The number of ketones is 1. The number of carbonyl (C=O) groups is 5. The van der Waals surface area contributed by atoms with Crippen molar-refractivity contribution in [2.75, 3.05) is 42.1 Å². The van der Waals surface area contributed by atoms with Crippen LogP contribution in [0.2, 0.25) is 0 Å². The van der Waals surface area contributed by atoms with Gasteiger partial charge in [-0.25, -0.2) is 13.2 Å². The fraction of sp³-hybridized carbons (Fsp3) is 0.468. The maximum absolute atomic E-state index is 14.5. The molecule has 6 aliphatic rings. The van der Waals surface area contributed by atoms with Crippen LogP contribution in [0.25, 0.3) is 0 Å². The maximum Gasteiger partial charge on any atom is 0.573 e. The number of hydrogen-bond donors (Lipinski definition) is 4. The molecule has 9 aromatic carbocycles. The van der Waals surface area contributed by atoms with E-state index >= 15 is 0 Å². The molecule has 4 amide bonds. The topological polar surface area (TPSA) is 170 Å². The van der Waals surface area contributed by atoms with Gasteiger partial charge in [-0.05, 0) is 327 Å². The predicted octanol–water partition coefficient (Wildman–Crippen LogP) is 28.6. The SMILES string of the molecule is CC(C)(C)c1ccc(C(=O)Cc2ccc3c(c2OC(F)(F)F)CCCCC3)cc1.CC(C)(C)c1ccc(C(=O)Nc2cc3c(cc2F)CCCCC3)cc1.CCCOc1cc2c(cc1NC(=O)c1ccc(C(C)(C)C)cc1)CCCCC2.COc1cc2c(cc1NC(=O)C1(C(F)(F)F)CC1)CCCCC2.COc1cc2c(cc1NC(=O)c1cc(F)c(C(C)(C)C)c(F)c1)CCCCC2. The Kier molecular flexibility index (Phi) is 34.3. The number of amides is 4. The molecule has 6 aliphatic carbocycles. The number of Topliss-reactive ketones (excluding diaryl/α,β-unsaturated/α-hetero) is 1. The van der Waals surface area contributed by atoms with Crippen LogP contribution >= 0.6 is 0 Å². The molecule has 0 unspecified atom stereocenters. The van der Waals surface area contributed by atoms with E-state index in [2.05, 4.69) is 107 Å². The van der Waals surface area contributed by atoms with Crippen molar-refractivity contribution in [2.24, 2.45) is 5.41 Å². The van der Waals surface area contributed by atoms with E-state index in [1.165, 1.54) is 72.6 Å². The van der Waals surface area contributed by atoms with Crippen molar-refractivity contribution in [3.05, 3.63) is 269 Å². The first kappa shape index (κ1) is 103. The highest BCUT2D eigenvalue weighted by Crippen LogP contribution is 2.58. The third kappa shape index (κ3) is 27.7. The van der Waals surface area contributed by atoms with Gasteiger partial charge in [-0.15, -0.1) is 13.2 Å². The van der Waals surface area contributed by atoms with Crippen molar-refractivity contribution < 1.29 is 82.4 Å². The van der Waals surface area contributed by atoms with E-state index in [4.69, 9.17) is 14.2 Å². The molecule has 1 fully saturated rings. The molecule has 1 saturated carbocycles. The molecule has 0 heterocycles. The standard InChI is InChI=1S/C25H33NO2.C24H27F3O2.C23H27F2NO2.C22H26FNO.C17H20F3NO2/c1-5-15-28-23-17-20-10-8-6-7-9-19(20)16-22(23)26-24(27)18-11-13-21(14-12-18)25(2,3)4;1-23(2,3)19-13-11-17(12-14-19)21(28)15-18-10-9-16-7-5-4-6-8-20(16)22(18)29-24(25,26)27;1-23(2,3)21-17(24)10-16(11-18(21)25)22(27)26-19-12-14-8-6-5-7-9-15(14)13-20(19)28-4;1-22(2,3)18-11-9-15(10-12-18)21(25)24-20-14-17-8-6-4-5-7-16(17)13-19(20)23;1-23-14-10-12-6-4-2-3-5-11(12)9-13(14)21-15(22)16(7-8-16)17(18,19)20/h11-14,16-17H,5-10,15H2,1-4H3,(H,26,27);9-14H,4-8,15H2,1-3H3;10-13H,5-9H2,1-4H3,(H,26,27);9-14H,4-8H2,1-3H3,(H,24,25);9-10H,2-8H2,1H3,(H,21,22). The van der Waals surface area contributed by atoms with Gasteiger partial charge in [0.15, 0.2) is 5.78 Å². The second-order valence-corrected chi connectivity index (χ2v) is 40.3. The lowest BCUT2D eigenvalue weighted by molar-refractivity contribution is -0.275. The lowest BCUT2D eigenvalue weighted by Gasteiger charge is -2.21. The fourth-order valence-corrected chi connectivity index (χ4v) is 17.9. The summed E-state index contributed by atoms with van der Waals surface area (Å²) in [4.78, 5) is 63.0. The first-order chi connectivity index (χ1) is 62.8. The molecule has 4 N–H and O–H groups in total. The van der Waals surface area contributed by atoms with Crippen LogP contribution in [0, 0.1) is 22.9 Å². The third-order valence-electron chi connectivity index (χ3n) is 25.9. The number of hydrogen-bond acceptors (Lipinski definition) is 9. The van der Waals surface area contributed by atoms with Gasteiger partial charge in [0.25, 0.3) is 17.7 Å². The van der Waals surface area contributed by atoms with Gasteiger partial charge in [-0.3, -0.25) is 24.0 Å². The second-order valence-electron chi connectivity index (χ2n) is 40.3. The Balaban J connectivity index is 0.000000160. The van der Waals surface area contributed by atoms with Crippen LogP contribution in [-0.2, 0) is 97.1 Å². The smallest absolute Gasteiger partial charge is 0.495 e. The van der Waals surface area contributed by atoms with Gasteiger partial charge >= 0.3 is 12.5 Å². The number of ether oxygens (including phenoxy) is 4. The van der Waals surface area contributed by atoms with E-state index < -0.39 is 46.8 Å². The Morgan fingerprint density at radius 2 is 0.692 bits per heavy atom. The molecule has 133 heavy (non-hydrogen) atoms. The molecule has 15 rings (SSSR count). The first-order valence-electron chi connectivity index (χ1n) is 47.4. The molecule has 0 radical (unpaired) electrons. The molecule has 9 aromatic rings. The largest absolute Gasteiger partial charge is 0.573 e. The zero-order valence-corrected chi connectivity index (χ0v) is 80.1. The number of methoxy groups -OCH3 is 2. The molecular weight excluding hydrogens is 1700 g/mol. The molecule has 0 aliphatic heterocycles. The van der Waals surface area contributed by atoms with E-state index in [0.717, 1.165) is 185 Å². The number of aryl methyl sites for hydroxylation is 9. The number of nitrogens with one attached hydrogen (secondary N) is 4. The van der Waals surface area contributed by atoms with Gasteiger partial charge in [0.2, 0.25) is 5.91 Å². The summed E-state index contributed by atoms with van der Waals surface area (Å²) in [6.07, 6.45) is 16.9. The number of alkyl halides is 6. The summed E-state index contributed by atoms with van der Waals surface area (Å²) in [7, 11) is 3.01. The Labute approximate surface area is 780 Å². The molecule has 0 spiro atoms. The fourth-order valence-electron chi connectivity index (χ4n) is 17.9. The van der Waals surface area contributed by atoms with Crippen molar-refractivity contribution in [1.29, 1.82) is 0 Å². The highest BCUT2D eigenvalue weighted by Gasteiger charge is 2.68. The normalized spacial score (nSPS) is 15.3. The third-order valence-corrected chi connectivity index (χ3v) is 25.9. The average molecular weight is 1840 g/mol. The van der Waals surface area contributed by atoms with Gasteiger partial charge in [-0.2, -0.15) is 13.2 Å². The molecule has 13 nitrogen and oxygen atoms in total. The zero-order valence-electron chi connectivity index (χ0n) is 80.1. The highest BCUT2D eigenvalue weighted by atomic mass is 19.4. The lowest BCUT2D eigenvalue weighted by Crippen LogP contribution is -2.37. The van der Waals surface area contributed by atoms with Crippen molar-refractivity contribution in [3.8, 4) is 23.0 Å². The monoisotopic (exact) mass is 1840 g/mol. The molecule has 0 atom stereocenters. The molecule has 22 heteroatoms. The van der Waals surface area contributed by atoms with Gasteiger partial charge in [0.05, 0.1) is 43.6 Å². The minimum Gasteiger partial charge on any atom is -0.495 e. The van der Waals surface area contributed by atoms with Crippen molar-refractivity contribution >= 4 is 52.2 Å². The van der Waals surface area contributed by atoms with Gasteiger partial charge in [0.1, 0.15) is 45.9 Å². The number of benzene rings is 9. The molecule has 714 valence electrons. The highest BCUT2D eigenvalue weighted by molar-refractivity contribution is 6.07. The van der Waals surface area contributed by atoms with Crippen LogP contribution in [0.3, 0.4) is 0 Å².